The van der Waals surface area contributed by atoms with Crippen LogP contribution in [0.5, 0.6) is 0 Å². The summed E-state index contributed by atoms with van der Waals surface area (Å²) in [5.41, 5.74) is 0.603. The summed E-state index contributed by atoms with van der Waals surface area (Å²) in [5.74, 6) is 2.83. The highest BCUT2D eigenvalue weighted by molar-refractivity contribution is 5.60. The Morgan fingerprint density at radius 3 is 2.94 bits per heavy atom. The summed E-state index contributed by atoms with van der Waals surface area (Å²) in [6.07, 6.45) is 8.10. The van der Waals surface area contributed by atoms with Crippen LogP contribution in [0.3, 0.4) is 0 Å². The number of nitrogens with one attached hydrogen (secondary N) is 1. The Morgan fingerprint density at radius 2 is 2.41 bits per heavy atom. The van der Waals surface area contributed by atoms with Gasteiger partial charge in [0, 0.05) is 24.2 Å². The van der Waals surface area contributed by atoms with E-state index in [1.807, 2.05) is 6.92 Å². The molecule has 0 amide bonds. The fourth-order valence-corrected chi connectivity index (χ4v) is 1.52. The smallest absolute Gasteiger partial charge is 0.314 e. The monoisotopic (exact) mass is 233 g/mol. The van der Waals surface area contributed by atoms with E-state index in [0.717, 1.165) is 6.42 Å². The summed E-state index contributed by atoms with van der Waals surface area (Å²) in [5, 5.41) is 14.0. The zero-order valence-corrected chi connectivity index (χ0v) is 9.93. The number of anilines is 1. The second-order valence-corrected chi connectivity index (χ2v) is 3.74. The molecule has 0 aliphatic heterocycles. The Labute approximate surface area is 100 Å². The van der Waals surface area contributed by atoms with Gasteiger partial charge < -0.3 is 5.32 Å². The van der Waals surface area contributed by atoms with Crippen LogP contribution in [0.4, 0.5) is 11.5 Å². The topological polar surface area (TPSA) is 68.1 Å². The third-order valence-electron chi connectivity index (χ3n) is 2.51. The standard InChI is InChI=1S/C12H15N3O2/c1-4-6-10(5-2)14-12-11(15(16)17)9(3)7-8-13-12/h1,7-8,10H,5-6H2,2-3H3,(H,13,14). The van der Waals surface area contributed by atoms with Crippen molar-refractivity contribution in [2.45, 2.75) is 32.7 Å². The van der Waals surface area contributed by atoms with Crippen molar-refractivity contribution in [3.05, 3.63) is 27.9 Å². The molecule has 0 aromatic carbocycles. The lowest BCUT2D eigenvalue weighted by molar-refractivity contribution is -0.384. The number of rotatable bonds is 5. The molecule has 1 aromatic rings. The molecular weight excluding hydrogens is 218 g/mol. The molecule has 1 unspecified atom stereocenters. The molecule has 0 aliphatic carbocycles. The van der Waals surface area contributed by atoms with E-state index in [4.69, 9.17) is 6.42 Å². The zero-order valence-electron chi connectivity index (χ0n) is 9.93. The van der Waals surface area contributed by atoms with E-state index in [9.17, 15) is 10.1 Å². The van der Waals surface area contributed by atoms with Gasteiger partial charge in [0.1, 0.15) is 0 Å². The number of hydrogen-bond donors (Lipinski definition) is 1. The van der Waals surface area contributed by atoms with Gasteiger partial charge in [-0.05, 0) is 19.4 Å². The molecule has 1 N–H and O–H groups in total. The lowest BCUT2D eigenvalue weighted by atomic mass is 10.1. The van der Waals surface area contributed by atoms with E-state index in [1.54, 1.807) is 19.2 Å². The number of nitrogens with zero attached hydrogens (tertiary/aromatic N) is 2. The summed E-state index contributed by atoms with van der Waals surface area (Å²) < 4.78 is 0. The average molecular weight is 233 g/mol. The van der Waals surface area contributed by atoms with E-state index >= 15 is 0 Å². The molecule has 5 nitrogen and oxygen atoms in total. The van der Waals surface area contributed by atoms with Gasteiger partial charge in [-0.3, -0.25) is 10.1 Å². The van der Waals surface area contributed by atoms with Crippen molar-refractivity contribution in [3.63, 3.8) is 0 Å². The van der Waals surface area contributed by atoms with E-state index in [1.165, 1.54) is 0 Å². The maximum Gasteiger partial charge on any atom is 0.314 e. The predicted molar refractivity (Wildman–Crippen MR) is 66.8 cm³/mol. The minimum absolute atomic E-state index is 0.00741. The van der Waals surface area contributed by atoms with E-state index < -0.39 is 4.92 Å². The van der Waals surface area contributed by atoms with Crippen LogP contribution < -0.4 is 5.32 Å². The van der Waals surface area contributed by atoms with Gasteiger partial charge in [-0.15, -0.1) is 12.3 Å². The van der Waals surface area contributed by atoms with E-state index in [0.29, 0.717) is 12.0 Å². The number of aromatic nitrogens is 1. The highest BCUT2D eigenvalue weighted by Crippen LogP contribution is 2.26. The van der Waals surface area contributed by atoms with Gasteiger partial charge in [-0.1, -0.05) is 6.92 Å². The molecule has 0 saturated carbocycles. The van der Waals surface area contributed by atoms with Crippen LogP contribution in [0.2, 0.25) is 0 Å². The molecule has 17 heavy (non-hydrogen) atoms. The van der Waals surface area contributed by atoms with Crippen LogP contribution in [0.15, 0.2) is 12.3 Å². The van der Waals surface area contributed by atoms with Crippen LogP contribution in [-0.4, -0.2) is 15.9 Å². The van der Waals surface area contributed by atoms with Gasteiger partial charge in [0.2, 0.25) is 5.82 Å². The van der Waals surface area contributed by atoms with Crippen LogP contribution in [0, 0.1) is 29.4 Å². The molecule has 1 aromatic heterocycles. The number of pyridine rings is 1. The molecule has 0 saturated heterocycles. The Morgan fingerprint density at radius 1 is 1.71 bits per heavy atom. The third kappa shape index (κ3) is 3.18. The first kappa shape index (κ1) is 13.0. The predicted octanol–water partition coefficient (Wildman–Crippen LogP) is 2.51. The summed E-state index contributed by atoms with van der Waals surface area (Å²) >= 11 is 0. The Kier molecular flexibility index (Phi) is 4.46. The molecule has 0 fully saturated rings. The maximum atomic E-state index is 11.0. The SMILES string of the molecule is C#CCC(CC)Nc1nccc(C)c1[N+](=O)[O-]. The normalized spacial score (nSPS) is 11.6. The summed E-state index contributed by atoms with van der Waals surface area (Å²) in [7, 11) is 0. The molecule has 0 radical (unpaired) electrons. The fraction of sp³-hybridized carbons (Fsp3) is 0.417. The molecule has 5 heteroatoms. The number of nitro groups is 1. The Balaban J connectivity index is 3.02. The molecule has 0 bridgehead atoms. The first-order valence-corrected chi connectivity index (χ1v) is 5.40. The highest BCUT2D eigenvalue weighted by Gasteiger charge is 2.20. The lowest BCUT2D eigenvalue weighted by Gasteiger charge is -2.15. The molecule has 0 aliphatic rings. The van der Waals surface area contributed by atoms with Crippen molar-refractivity contribution in [1.82, 2.24) is 4.98 Å². The highest BCUT2D eigenvalue weighted by atomic mass is 16.6. The number of aryl methyl sites for hydroxylation is 1. The zero-order chi connectivity index (χ0) is 12.8. The van der Waals surface area contributed by atoms with Gasteiger partial charge in [-0.2, -0.15) is 0 Å². The second kappa shape index (κ2) is 5.85. The molecule has 90 valence electrons. The average Bonchev–Trinajstić information content (AvgIpc) is 2.28. The molecule has 1 heterocycles. The molecule has 0 spiro atoms. The lowest BCUT2D eigenvalue weighted by Crippen LogP contribution is -2.19. The van der Waals surface area contributed by atoms with Gasteiger partial charge in [0.25, 0.3) is 0 Å². The van der Waals surface area contributed by atoms with Crippen molar-refractivity contribution in [2.75, 3.05) is 5.32 Å². The fourth-order valence-electron chi connectivity index (χ4n) is 1.52. The van der Waals surface area contributed by atoms with Crippen molar-refractivity contribution >= 4 is 11.5 Å². The number of hydrogen-bond acceptors (Lipinski definition) is 4. The summed E-state index contributed by atoms with van der Waals surface area (Å²) in [6, 6.07) is 1.62. The largest absolute Gasteiger partial charge is 0.361 e. The van der Waals surface area contributed by atoms with Crippen molar-refractivity contribution in [2.24, 2.45) is 0 Å². The van der Waals surface area contributed by atoms with Gasteiger partial charge in [0.15, 0.2) is 0 Å². The van der Waals surface area contributed by atoms with Crippen LogP contribution in [-0.2, 0) is 0 Å². The van der Waals surface area contributed by atoms with Crippen molar-refractivity contribution < 1.29 is 4.92 Å². The summed E-state index contributed by atoms with van der Waals surface area (Å²) in [4.78, 5) is 14.5. The van der Waals surface area contributed by atoms with Crippen LogP contribution in [0.25, 0.3) is 0 Å². The van der Waals surface area contributed by atoms with Crippen molar-refractivity contribution in [3.8, 4) is 12.3 Å². The van der Waals surface area contributed by atoms with Gasteiger partial charge in [0.05, 0.1) is 4.92 Å². The van der Waals surface area contributed by atoms with Gasteiger partial charge >= 0.3 is 5.69 Å². The van der Waals surface area contributed by atoms with Crippen LogP contribution >= 0.6 is 0 Å². The minimum atomic E-state index is -0.423. The van der Waals surface area contributed by atoms with E-state index in [2.05, 4.69) is 16.2 Å². The first-order valence-electron chi connectivity index (χ1n) is 5.40. The van der Waals surface area contributed by atoms with Crippen LogP contribution in [0.1, 0.15) is 25.3 Å². The second-order valence-electron chi connectivity index (χ2n) is 3.74. The van der Waals surface area contributed by atoms with Crippen molar-refractivity contribution in [1.29, 1.82) is 0 Å². The maximum absolute atomic E-state index is 11.0. The van der Waals surface area contributed by atoms with Gasteiger partial charge in [-0.25, -0.2) is 4.98 Å². The number of terminal acetylenes is 1. The Bertz CT molecular complexity index is 452. The van der Waals surface area contributed by atoms with E-state index in [-0.39, 0.29) is 17.5 Å². The quantitative estimate of drug-likeness (QED) is 0.482. The third-order valence-corrected chi connectivity index (χ3v) is 2.51. The minimum Gasteiger partial charge on any atom is -0.361 e. The summed E-state index contributed by atoms with van der Waals surface area (Å²) in [6.45, 7) is 3.66. The molecule has 1 atom stereocenters. The molecule has 1 rings (SSSR count). The Hall–Kier alpha value is -2.09. The molecular formula is C12H15N3O2. The first-order chi connectivity index (χ1) is 8.10.